The van der Waals surface area contributed by atoms with Crippen molar-refractivity contribution < 1.29 is 31.9 Å². The number of carbonyl (C=O) groups is 1. The molecule has 2 aromatic carbocycles. The molecule has 0 fully saturated rings. The molecular weight excluding hydrogens is 625 g/mol. The van der Waals surface area contributed by atoms with E-state index in [2.05, 4.69) is 20.9 Å². The zero-order valence-electron chi connectivity index (χ0n) is 21.9. The molecule has 41 heavy (non-hydrogen) atoms. The predicted molar refractivity (Wildman–Crippen MR) is 150 cm³/mol. The minimum atomic E-state index is -4.49. The topological polar surface area (TPSA) is 83.0 Å². The van der Waals surface area contributed by atoms with Gasteiger partial charge in [0.25, 0.3) is 5.56 Å². The number of aromatic nitrogens is 1. The first kappa shape index (κ1) is 28.6. The minimum absolute atomic E-state index is 0.145. The van der Waals surface area contributed by atoms with Crippen LogP contribution in [0.3, 0.4) is 0 Å². The van der Waals surface area contributed by atoms with Crippen LogP contribution in [0.2, 0.25) is 0 Å². The Morgan fingerprint density at radius 1 is 1.20 bits per heavy atom. The van der Waals surface area contributed by atoms with Crippen LogP contribution in [0, 0.1) is 0 Å². The van der Waals surface area contributed by atoms with Crippen LogP contribution < -0.4 is 19.6 Å². The molecule has 0 spiro atoms. The number of esters is 1. The maximum absolute atomic E-state index is 13.8. The van der Waals surface area contributed by atoms with Crippen LogP contribution in [0.15, 0.2) is 84.5 Å². The number of halogens is 4. The molecule has 0 amide bonds. The van der Waals surface area contributed by atoms with Crippen molar-refractivity contribution in [2.75, 3.05) is 13.7 Å². The van der Waals surface area contributed by atoms with Gasteiger partial charge >= 0.3 is 12.1 Å². The summed E-state index contributed by atoms with van der Waals surface area (Å²) in [6, 6.07) is 12.3. The second-order valence-corrected chi connectivity index (χ2v) is 10.8. The van der Waals surface area contributed by atoms with Crippen molar-refractivity contribution in [2.24, 2.45) is 4.99 Å². The molecule has 12 heteroatoms. The number of furan rings is 1. The molecule has 5 rings (SSSR count). The standard InChI is InChI=1S/C29H22BrF3N2O5S/c1-4-39-27(37)24-15(2)34-28-35(25(24)17-8-10-22(38-3)20(30)13-17)26(36)23(41-28)14-19-9-11-21(40-19)16-6-5-7-18(12-16)29(31,32)33/h5-14,25H,4H2,1-3H3/t25-/m1/s1. The van der Waals surface area contributed by atoms with E-state index in [4.69, 9.17) is 13.9 Å². The first-order chi connectivity index (χ1) is 19.5. The summed E-state index contributed by atoms with van der Waals surface area (Å²) in [6.07, 6.45) is -2.98. The Kier molecular flexibility index (Phi) is 7.80. The Labute approximate surface area is 244 Å². The van der Waals surface area contributed by atoms with Crippen molar-refractivity contribution in [2.45, 2.75) is 26.1 Å². The maximum atomic E-state index is 13.8. The van der Waals surface area contributed by atoms with Gasteiger partial charge in [-0.15, -0.1) is 0 Å². The van der Waals surface area contributed by atoms with Gasteiger partial charge in [0, 0.05) is 11.6 Å². The molecule has 3 heterocycles. The number of methoxy groups -OCH3 is 1. The highest BCUT2D eigenvalue weighted by molar-refractivity contribution is 9.10. The van der Waals surface area contributed by atoms with Gasteiger partial charge in [0.05, 0.1) is 45.6 Å². The van der Waals surface area contributed by atoms with Crippen LogP contribution in [-0.4, -0.2) is 24.3 Å². The van der Waals surface area contributed by atoms with Gasteiger partial charge in [0.2, 0.25) is 0 Å². The molecule has 0 saturated heterocycles. The van der Waals surface area contributed by atoms with Crippen LogP contribution in [-0.2, 0) is 15.7 Å². The van der Waals surface area contributed by atoms with Crippen LogP contribution in [0.1, 0.15) is 36.8 Å². The molecular formula is C29H22BrF3N2O5S. The van der Waals surface area contributed by atoms with Gasteiger partial charge in [-0.1, -0.05) is 29.5 Å². The van der Waals surface area contributed by atoms with Crippen molar-refractivity contribution >= 4 is 39.3 Å². The zero-order valence-corrected chi connectivity index (χ0v) is 24.3. The van der Waals surface area contributed by atoms with E-state index in [1.165, 1.54) is 29.9 Å². The summed E-state index contributed by atoms with van der Waals surface area (Å²) >= 11 is 4.58. The van der Waals surface area contributed by atoms with Gasteiger partial charge in [-0.3, -0.25) is 9.36 Å². The lowest BCUT2D eigenvalue weighted by Gasteiger charge is -2.25. The second kappa shape index (κ2) is 11.2. The first-order valence-electron chi connectivity index (χ1n) is 12.3. The Hall–Kier alpha value is -3.90. The summed E-state index contributed by atoms with van der Waals surface area (Å²) in [6.45, 7) is 3.52. The molecule has 4 aromatic rings. The van der Waals surface area contributed by atoms with E-state index >= 15 is 0 Å². The number of hydrogen-bond acceptors (Lipinski definition) is 7. The number of nitrogens with zero attached hydrogens (tertiary/aromatic N) is 2. The number of thiazole rings is 1. The molecule has 7 nitrogen and oxygen atoms in total. The fourth-order valence-electron chi connectivity index (χ4n) is 4.52. The number of hydrogen-bond donors (Lipinski definition) is 0. The van der Waals surface area contributed by atoms with Crippen molar-refractivity contribution in [3.05, 3.63) is 107 Å². The quantitative estimate of drug-likeness (QED) is 0.246. The van der Waals surface area contributed by atoms with Crippen LogP contribution in [0.5, 0.6) is 5.75 Å². The molecule has 0 aliphatic carbocycles. The molecule has 0 unspecified atom stereocenters. The average Bonchev–Trinajstić information content (AvgIpc) is 3.52. The van der Waals surface area contributed by atoms with Crippen LogP contribution in [0.25, 0.3) is 17.4 Å². The van der Waals surface area contributed by atoms with Gasteiger partial charge in [-0.25, -0.2) is 9.79 Å². The normalized spacial score (nSPS) is 15.5. The highest BCUT2D eigenvalue weighted by Crippen LogP contribution is 2.35. The number of benzene rings is 2. The SMILES string of the molecule is CCOC(=O)C1=C(C)N=c2sc(=Cc3ccc(-c4cccc(C(F)(F)F)c4)o3)c(=O)n2[C@@H]1c1ccc(OC)c(Br)c1. The smallest absolute Gasteiger partial charge is 0.416 e. The summed E-state index contributed by atoms with van der Waals surface area (Å²) in [4.78, 5) is 31.7. The number of carbonyl (C=O) groups excluding carboxylic acids is 1. The molecule has 0 radical (unpaired) electrons. The van der Waals surface area contributed by atoms with Crippen LogP contribution >= 0.6 is 27.3 Å². The van der Waals surface area contributed by atoms with Gasteiger partial charge < -0.3 is 13.9 Å². The van der Waals surface area contributed by atoms with Crippen molar-refractivity contribution in [1.82, 2.24) is 4.57 Å². The van der Waals surface area contributed by atoms with Crippen molar-refractivity contribution in [3.8, 4) is 17.1 Å². The lowest BCUT2D eigenvalue weighted by molar-refractivity contribution is -0.139. The maximum Gasteiger partial charge on any atom is 0.416 e. The fraction of sp³-hybridized carbons (Fsp3) is 0.207. The Bertz CT molecular complexity index is 1870. The number of alkyl halides is 3. The molecule has 0 saturated carbocycles. The van der Waals surface area contributed by atoms with E-state index in [9.17, 15) is 22.8 Å². The largest absolute Gasteiger partial charge is 0.496 e. The molecule has 1 atom stereocenters. The van der Waals surface area contributed by atoms with E-state index in [1.54, 1.807) is 44.2 Å². The third-order valence-corrected chi connectivity index (χ3v) is 7.99. The number of rotatable bonds is 6. The van der Waals surface area contributed by atoms with Gasteiger partial charge in [-0.05, 0) is 71.7 Å². The highest BCUT2D eigenvalue weighted by atomic mass is 79.9. The lowest BCUT2D eigenvalue weighted by atomic mass is 9.96. The van der Waals surface area contributed by atoms with E-state index in [-0.39, 0.29) is 33.8 Å². The highest BCUT2D eigenvalue weighted by Gasteiger charge is 2.34. The Morgan fingerprint density at radius 3 is 2.66 bits per heavy atom. The van der Waals surface area contributed by atoms with Gasteiger partial charge in [0.1, 0.15) is 17.3 Å². The number of allylic oxidation sites excluding steroid dienone is 1. The predicted octanol–water partition coefficient (Wildman–Crippen LogP) is 5.85. The third kappa shape index (κ3) is 5.53. The van der Waals surface area contributed by atoms with Crippen molar-refractivity contribution in [3.63, 3.8) is 0 Å². The van der Waals surface area contributed by atoms with Gasteiger partial charge in [-0.2, -0.15) is 13.2 Å². The second-order valence-electron chi connectivity index (χ2n) is 8.98. The number of fused-ring (bicyclic) bond motifs is 1. The van der Waals surface area contributed by atoms with E-state index in [0.29, 0.717) is 26.3 Å². The molecule has 1 aliphatic heterocycles. The van der Waals surface area contributed by atoms with Crippen LogP contribution in [0.4, 0.5) is 13.2 Å². The lowest BCUT2D eigenvalue weighted by Crippen LogP contribution is -2.39. The fourth-order valence-corrected chi connectivity index (χ4v) is 6.11. The van der Waals surface area contributed by atoms with Gasteiger partial charge in [0.15, 0.2) is 4.80 Å². The minimum Gasteiger partial charge on any atom is -0.496 e. The third-order valence-electron chi connectivity index (χ3n) is 6.38. The van der Waals surface area contributed by atoms with Crippen molar-refractivity contribution in [1.29, 1.82) is 0 Å². The monoisotopic (exact) mass is 646 g/mol. The Balaban J connectivity index is 1.62. The number of ether oxygens (including phenoxy) is 2. The summed E-state index contributed by atoms with van der Waals surface area (Å²) in [5, 5.41) is 0. The summed E-state index contributed by atoms with van der Waals surface area (Å²) < 4.78 is 58.3. The first-order valence-corrected chi connectivity index (χ1v) is 13.9. The average molecular weight is 647 g/mol. The molecule has 2 aromatic heterocycles. The van der Waals surface area contributed by atoms with E-state index in [1.807, 2.05) is 0 Å². The zero-order chi connectivity index (χ0) is 29.5. The summed E-state index contributed by atoms with van der Waals surface area (Å²) in [7, 11) is 1.53. The molecule has 0 N–H and O–H groups in total. The Morgan fingerprint density at radius 2 is 1.98 bits per heavy atom. The summed E-state index contributed by atoms with van der Waals surface area (Å²) in [5.41, 5.74) is 0.315. The summed E-state index contributed by atoms with van der Waals surface area (Å²) in [5.74, 6) is 0.481. The molecule has 1 aliphatic rings. The van der Waals surface area contributed by atoms with E-state index in [0.717, 1.165) is 23.5 Å². The molecule has 0 bridgehead atoms. The van der Waals surface area contributed by atoms with E-state index < -0.39 is 29.3 Å². The molecule has 212 valence electrons.